The molecule has 0 bridgehead atoms. The number of hydrogen-bond donors (Lipinski definition) is 0. The Bertz CT molecular complexity index is 3460. The predicted molar refractivity (Wildman–Crippen MR) is 304 cm³/mol. The summed E-state index contributed by atoms with van der Waals surface area (Å²) < 4.78 is 0. The van der Waals surface area contributed by atoms with E-state index in [2.05, 4.69) is 284 Å². The minimum Gasteiger partial charge on any atom is -0.310 e. The van der Waals surface area contributed by atoms with Crippen LogP contribution in [0.5, 0.6) is 0 Å². The lowest BCUT2D eigenvalue weighted by Gasteiger charge is -2.52. The molecule has 0 amide bonds. The van der Waals surface area contributed by atoms with Crippen LogP contribution in [0.25, 0.3) is 44.5 Å². The number of para-hydroxylation sites is 2. The van der Waals surface area contributed by atoms with Crippen LogP contribution in [0.1, 0.15) is 5.56 Å². The van der Waals surface area contributed by atoms with Crippen LogP contribution in [0.2, 0.25) is 0 Å². The molecule has 0 aliphatic carbocycles. The van der Waals surface area contributed by atoms with Gasteiger partial charge in [-0.05, 0) is 96.1 Å². The Hall–Kier alpha value is -8.70. The fourth-order valence-corrected chi connectivity index (χ4v) is 17.9. The van der Waals surface area contributed by atoms with E-state index in [4.69, 9.17) is 0 Å². The zero-order valence-electron chi connectivity index (χ0n) is 39.4. The second-order valence-corrected chi connectivity index (χ2v) is 22.9. The number of aryl methyl sites for hydroxylation is 1. The molecule has 0 saturated carbocycles. The van der Waals surface area contributed by atoms with E-state index in [-0.39, 0.29) is 6.71 Å². The SMILES string of the molecule is Cc1cc2c3c(c1)N(c1c(-c4ccccc4)cccc1-c1ccccc1)c1cccc4c1B3c1c(cccc1[Si]4(c1ccccc1)c1ccccc1)N2c1c(-c2ccccc2)cccc1-c1ccccc1. The standard InChI is InChI=1S/C67H47BN2Si/c1-46-44-59-63-60(45-46)70(67-55(49-28-12-4-13-29-49)38-21-39-56(67)50-30-14-5-15-31-50)58-41-23-43-62-65(58)68(63)64-57(40-22-42-61(64)71(62,51-32-16-6-17-33-51)52-34-18-7-19-35-52)69(59)66-53(47-24-8-2-9-25-47)36-20-37-54(66)48-26-10-3-11-27-48/h2-45H,1H3. The Morgan fingerprint density at radius 1 is 0.296 bits per heavy atom. The topological polar surface area (TPSA) is 6.48 Å². The van der Waals surface area contributed by atoms with Crippen LogP contribution in [-0.4, -0.2) is 14.8 Å². The van der Waals surface area contributed by atoms with E-state index in [0.717, 1.165) is 0 Å². The average Bonchev–Trinajstić information content (AvgIpc) is 3.45. The van der Waals surface area contributed by atoms with Crippen molar-refractivity contribution in [2.24, 2.45) is 0 Å². The molecule has 0 saturated heterocycles. The summed E-state index contributed by atoms with van der Waals surface area (Å²) in [5, 5.41) is 5.67. The highest BCUT2D eigenvalue weighted by Gasteiger charge is 2.56. The highest BCUT2D eigenvalue weighted by Crippen LogP contribution is 2.52. The van der Waals surface area contributed by atoms with Gasteiger partial charge in [-0.3, -0.25) is 0 Å². The molecule has 0 N–H and O–H groups in total. The van der Waals surface area contributed by atoms with Gasteiger partial charge in [0.05, 0.1) is 11.4 Å². The molecule has 0 spiro atoms. The number of benzene rings is 11. The first-order valence-electron chi connectivity index (χ1n) is 24.8. The summed E-state index contributed by atoms with van der Waals surface area (Å²) in [7, 11) is -3.09. The van der Waals surface area contributed by atoms with Crippen LogP contribution < -0.4 is 46.9 Å². The van der Waals surface area contributed by atoms with Gasteiger partial charge in [0.25, 0.3) is 6.71 Å². The summed E-state index contributed by atoms with van der Waals surface area (Å²) in [6, 6.07) is 100. The summed E-state index contributed by atoms with van der Waals surface area (Å²) in [4.78, 5) is 5.36. The van der Waals surface area contributed by atoms with Gasteiger partial charge in [-0.1, -0.05) is 243 Å². The molecule has 0 fully saturated rings. The van der Waals surface area contributed by atoms with Gasteiger partial charge in [-0.25, -0.2) is 0 Å². The van der Waals surface area contributed by atoms with E-state index in [0.29, 0.717) is 0 Å². The van der Waals surface area contributed by atoms with Crippen LogP contribution in [0.15, 0.2) is 267 Å². The molecule has 4 heteroatoms. The van der Waals surface area contributed by atoms with E-state index in [1.165, 1.54) is 121 Å². The maximum absolute atomic E-state index is 3.09. The second kappa shape index (κ2) is 16.5. The fourth-order valence-electron chi connectivity index (χ4n) is 12.6. The summed E-state index contributed by atoms with van der Waals surface area (Å²) in [6.07, 6.45) is 0. The van der Waals surface area contributed by atoms with Gasteiger partial charge < -0.3 is 9.80 Å². The molecule has 332 valence electrons. The van der Waals surface area contributed by atoms with Gasteiger partial charge in [-0.2, -0.15) is 0 Å². The number of hydrogen-bond acceptors (Lipinski definition) is 2. The fraction of sp³-hybridized carbons (Fsp3) is 0.0149. The molecular formula is C67H47BN2Si. The van der Waals surface area contributed by atoms with Gasteiger partial charge in [0.1, 0.15) is 0 Å². The van der Waals surface area contributed by atoms with Crippen molar-refractivity contribution in [3.8, 4) is 44.5 Å². The first-order chi connectivity index (χ1) is 35.2. The molecular weight excluding hydrogens is 872 g/mol. The monoisotopic (exact) mass is 918 g/mol. The Balaban J connectivity index is 1.20. The Morgan fingerprint density at radius 2 is 0.606 bits per heavy atom. The second-order valence-electron chi connectivity index (χ2n) is 19.1. The van der Waals surface area contributed by atoms with Crippen molar-refractivity contribution in [2.45, 2.75) is 6.92 Å². The van der Waals surface area contributed by atoms with Crippen molar-refractivity contribution in [2.75, 3.05) is 9.80 Å². The van der Waals surface area contributed by atoms with Crippen LogP contribution in [0.4, 0.5) is 34.1 Å². The number of rotatable bonds is 8. The van der Waals surface area contributed by atoms with E-state index in [1.54, 1.807) is 0 Å². The van der Waals surface area contributed by atoms with E-state index in [1.807, 2.05) is 0 Å². The van der Waals surface area contributed by atoms with Crippen molar-refractivity contribution < 1.29 is 0 Å². The molecule has 71 heavy (non-hydrogen) atoms. The maximum atomic E-state index is 2.68. The van der Waals surface area contributed by atoms with E-state index in [9.17, 15) is 0 Å². The summed E-state index contributed by atoms with van der Waals surface area (Å²) >= 11 is 0. The molecule has 2 nitrogen and oxygen atoms in total. The Kier molecular flexibility index (Phi) is 9.58. The van der Waals surface area contributed by atoms with Crippen LogP contribution in [-0.2, 0) is 0 Å². The van der Waals surface area contributed by atoms with E-state index >= 15 is 0 Å². The van der Waals surface area contributed by atoms with Crippen LogP contribution >= 0.6 is 0 Å². The summed E-state index contributed by atoms with van der Waals surface area (Å²) in [6.45, 7) is 2.25. The predicted octanol–water partition coefficient (Wildman–Crippen LogP) is 12.4. The highest BCUT2D eigenvalue weighted by atomic mass is 28.3. The van der Waals surface area contributed by atoms with Gasteiger partial charge in [0.15, 0.2) is 8.07 Å². The smallest absolute Gasteiger partial charge is 0.251 e. The van der Waals surface area contributed by atoms with Gasteiger partial charge >= 0.3 is 0 Å². The first-order valence-corrected chi connectivity index (χ1v) is 26.8. The van der Waals surface area contributed by atoms with Gasteiger partial charge in [0.2, 0.25) is 0 Å². The lowest BCUT2D eigenvalue weighted by molar-refractivity contribution is 1.24. The largest absolute Gasteiger partial charge is 0.310 e. The minimum absolute atomic E-state index is 0.0355. The summed E-state index contributed by atoms with van der Waals surface area (Å²) in [5.41, 5.74) is 22.1. The molecule has 3 aliphatic rings. The third-order valence-corrected chi connectivity index (χ3v) is 20.2. The Morgan fingerprint density at radius 3 is 0.944 bits per heavy atom. The van der Waals surface area contributed by atoms with Crippen molar-refractivity contribution in [1.29, 1.82) is 0 Å². The average molecular weight is 919 g/mol. The van der Waals surface area contributed by atoms with Crippen LogP contribution in [0, 0.1) is 6.92 Å². The zero-order valence-corrected chi connectivity index (χ0v) is 40.4. The number of nitrogens with zero attached hydrogens (tertiary/aromatic N) is 2. The van der Waals surface area contributed by atoms with E-state index < -0.39 is 8.07 Å². The van der Waals surface area contributed by atoms with Crippen molar-refractivity contribution in [1.82, 2.24) is 0 Å². The summed E-state index contributed by atoms with van der Waals surface area (Å²) in [5.74, 6) is 0. The van der Waals surface area contributed by atoms with Gasteiger partial charge in [0, 0.05) is 45.0 Å². The molecule has 3 aliphatic heterocycles. The minimum atomic E-state index is -3.09. The molecule has 14 rings (SSSR count). The Labute approximate surface area is 417 Å². The molecule has 11 aromatic rings. The molecule has 3 heterocycles. The maximum Gasteiger partial charge on any atom is 0.251 e. The van der Waals surface area contributed by atoms with Crippen molar-refractivity contribution in [3.63, 3.8) is 0 Å². The third kappa shape index (κ3) is 6.15. The molecule has 0 aromatic heterocycles. The van der Waals surface area contributed by atoms with Crippen molar-refractivity contribution >= 4 is 86.0 Å². The lowest BCUT2D eigenvalue weighted by Crippen LogP contribution is -2.88. The first kappa shape index (κ1) is 41.3. The molecule has 0 atom stereocenters. The quantitative estimate of drug-likeness (QED) is 0.140. The molecule has 0 unspecified atom stereocenters. The van der Waals surface area contributed by atoms with Crippen LogP contribution in [0.3, 0.4) is 0 Å². The third-order valence-electron chi connectivity index (χ3n) is 15.4. The highest BCUT2D eigenvalue weighted by molar-refractivity contribution is 7.27. The number of anilines is 6. The normalized spacial score (nSPS) is 13.5. The van der Waals surface area contributed by atoms with Gasteiger partial charge in [-0.15, -0.1) is 0 Å². The van der Waals surface area contributed by atoms with Crippen molar-refractivity contribution in [3.05, 3.63) is 272 Å². The molecule has 11 aromatic carbocycles. The lowest BCUT2D eigenvalue weighted by atomic mass is 9.33. The zero-order chi connectivity index (χ0) is 47.0. The molecule has 0 radical (unpaired) electrons.